The van der Waals surface area contributed by atoms with E-state index in [4.69, 9.17) is 11.6 Å². The maximum atomic E-state index is 5.45. The topological polar surface area (TPSA) is 17.8 Å². The molecule has 0 radical (unpaired) electrons. The summed E-state index contributed by atoms with van der Waals surface area (Å²) in [6, 6.07) is 0. The summed E-state index contributed by atoms with van der Waals surface area (Å²) in [5.74, 6) is 0.552. The van der Waals surface area contributed by atoms with Crippen molar-refractivity contribution in [3.05, 3.63) is 24.3 Å². The Morgan fingerprint density at radius 2 is 2.60 bits per heavy atom. The zero-order valence-corrected chi connectivity index (χ0v) is 10.6. The van der Waals surface area contributed by atoms with E-state index < -0.39 is 0 Å². The summed E-state index contributed by atoms with van der Waals surface area (Å²) >= 11 is 6.25. The molecular formula is C6H6ClN2Tl. The Labute approximate surface area is 81.0 Å². The van der Waals surface area contributed by atoms with Gasteiger partial charge in [0.1, 0.15) is 0 Å². The van der Waals surface area contributed by atoms with Crippen molar-refractivity contribution in [2.24, 2.45) is 0 Å². The summed E-state index contributed by atoms with van der Waals surface area (Å²) in [7, 11) is 0. The molecule has 0 amide bonds. The molecule has 1 aromatic heterocycles. The van der Waals surface area contributed by atoms with E-state index in [-0.39, 0.29) is 0 Å². The zero-order chi connectivity index (χ0) is 7.40. The second-order valence-electron chi connectivity index (χ2n) is 1.80. The first kappa shape index (κ1) is 8.26. The van der Waals surface area contributed by atoms with Gasteiger partial charge in [0.25, 0.3) is 0 Å². The molecule has 0 atom stereocenters. The quantitative estimate of drug-likeness (QED) is 0.579. The molecule has 4 heteroatoms. The van der Waals surface area contributed by atoms with E-state index >= 15 is 0 Å². The molecule has 0 aliphatic heterocycles. The average Bonchev–Trinajstić information content (AvgIpc) is 2.31. The van der Waals surface area contributed by atoms with Crippen LogP contribution in [-0.2, 0) is 0 Å². The van der Waals surface area contributed by atoms with Gasteiger partial charge < -0.3 is 0 Å². The van der Waals surface area contributed by atoms with E-state index in [0.29, 0.717) is 5.88 Å². The predicted octanol–water partition coefficient (Wildman–Crippen LogP) is 1.07. The van der Waals surface area contributed by atoms with Gasteiger partial charge in [-0.3, -0.25) is 0 Å². The van der Waals surface area contributed by atoms with Crippen LogP contribution in [0.2, 0.25) is 0 Å². The molecule has 0 unspecified atom stereocenters. The fourth-order valence-corrected chi connectivity index (χ4v) is 1.55. The van der Waals surface area contributed by atoms with Gasteiger partial charge in [0.15, 0.2) is 0 Å². The Morgan fingerprint density at radius 3 is 3.10 bits per heavy atom. The summed E-state index contributed by atoms with van der Waals surface area (Å²) < 4.78 is 2.06. The standard InChI is InChI=1S/C6H6ClN2.Tl/c7-3-1-2-6-4-8-5-9-6;/h1-2,4-5H,3H2;/q-1;+1/b2-1+;. The summed E-state index contributed by atoms with van der Waals surface area (Å²) in [6.07, 6.45) is 7.65. The molecule has 0 saturated carbocycles. The number of nitrogens with zero attached hydrogens (tertiary/aromatic N) is 2. The number of imidazole rings is 1. The zero-order valence-electron chi connectivity index (χ0n) is 5.37. The molecule has 1 heterocycles. The van der Waals surface area contributed by atoms with Gasteiger partial charge >= 0.3 is 81.3 Å². The van der Waals surface area contributed by atoms with Crippen LogP contribution >= 0.6 is 11.6 Å². The number of hydrogen-bond acceptors (Lipinski definition) is 1. The van der Waals surface area contributed by atoms with Crippen LogP contribution in [0.3, 0.4) is 0 Å². The van der Waals surface area contributed by atoms with E-state index in [0.717, 1.165) is 31.8 Å². The molecule has 2 nitrogen and oxygen atoms in total. The average molecular weight is 346 g/mol. The van der Waals surface area contributed by atoms with E-state index in [1.165, 1.54) is 0 Å². The van der Waals surface area contributed by atoms with Gasteiger partial charge in [0.2, 0.25) is 0 Å². The molecule has 1 aromatic rings. The van der Waals surface area contributed by atoms with Gasteiger partial charge in [-0.1, -0.05) is 0 Å². The van der Waals surface area contributed by atoms with Crippen LogP contribution in [0.1, 0.15) is 5.69 Å². The minimum absolute atomic E-state index is 0.552. The summed E-state index contributed by atoms with van der Waals surface area (Å²) in [5.41, 5.74) is 0.989. The van der Waals surface area contributed by atoms with E-state index in [1.807, 2.05) is 24.7 Å². The third kappa shape index (κ3) is 2.42. The van der Waals surface area contributed by atoms with Crippen LogP contribution in [0.4, 0.5) is 0 Å². The van der Waals surface area contributed by atoms with Crippen molar-refractivity contribution < 1.29 is 0 Å². The van der Waals surface area contributed by atoms with E-state index in [1.54, 1.807) is 0 Å². The van der Waals surface area contributed by atoms with Crippen LogP contribution in [0.15, 0.2) is 18.6 Å². The van der Waals surface area contributed by atoms with E-state index in [2.05, 4.69) is 7.36 Å². The Bertz CT molecular complexity index is 231. The monoisotopic (exact) mass is 346 g/mol. The molecule has 50 valence electrons. The Balaban J connectivity index is 2.67. The normalized spacial score (nSPS) is 10.8. The summed E-state index contributed by atoms with van der Waals surface area (Å²) in [6.45, 7) is 0. The van der Waals surface area contributed by atoms with Crippen molar-refractivity contribution in [1.29, 1.82) is 0 Å². The molecule has 10 heavy (non-hydrogen) atoms. The Morgan fingerprint density at radius 1 is 1.80 bits per heavy atom. The fourth-order valence-electron chi connectivity index (χ4n) is 0.604. The van der Waals surface area contributed by atoms with Crippen LogP contribution in [0, 0.1) is 0 Å². The van der Waals surface area contributed by atoms with Gasteiger partial charge in [-0.2, -0.15) is 0 Å². The second kappa shape index (κ2) is 4.13. The Kier molecular flexibility index (Phi) is 3.41. The fraction of sp³-hybridized carbons (Fsp3) is 0.167. The minimum atomic E-state index is 0.552. The van der Waals surface area contributed by atoms with Gasteiger partial charge in [0, 0.05) is 0 Å². The van der Waals surface area contributed by atoms with E-state index in [9.17, 15) is 0 Å². The van der Waals surface area contributed by atoms with Gasteiger partial charge in [0.05, 0.1) is 0 Å². The van der Waals surface area contributed by atoms with Crippen LogP contribution in [-0.4, -0.2) is 39.3 Å². The first-order valence-electron chi connectivity index (χ1n) is 2.84. The first-order valence-corrected chi connectivity index (χ1v) is 5.38. The molecule has 0 aliphatic carbocycles. The third-order valence-electron chi connectivity index (χ3n) is 0.999. The van der Waals surface area contributed by atoms with Crippen molar-refractivity contribution in [2.45, 2.75) is 0 Å². The molecule has 0 saturated heterocycles. The van der Waals surface area contributed by atoms with Crippen molar-refractivity contribution in [1.82, 2.24) is 7.36 Å². The van der Waals surface area contributed by atoms with Crippen molar-refractivity contribution >= 4 is 43.7 Å². The Hall–Kier alpha value is 0.162. The predicted molar refractivity (Wildman–Crippen MR) is 43.1 cm³/mol. The number of hydrogen-bond donors (Lipinski definition) is 0. The maximum absolute atomic E-state index is 5.45. The molecule has 0 spiro atoms. The first-order chi connectivity index (χ1) is 4.83. The molecule has 0 aromatic carbocycles. The number of allylic oxidation sites excluding steroid dienone is 1. The number of rotatable bonds is 2. The molecule has 0 fully saturated rings. The number of halogens is 1. The van der Waals surface area contributed by atoms with Crippen molar-refractivity contribution in [2.75, 3.05) is 5.88 Å². The van der Waals surface area contributed by atoms with Gasteiger partial charge in [-0.25, -0.2) is 0 Å². The molecule has 1 rings (SSSR count). The SMILES string of the molecule is ClC/C=C/c1c[n]([Tl])cn1. The number of aromatic nitrogens is 2. The van der Waals surface area contributed by atoms with Gasteiger partial charge in [-0.15, -0.1) is 0 Å². The van der Waals surface area contributed by atoms with Crippen molar-refractivity contribution in [3.63, 3.8) is 0 Å². The van der Waals surface area contributed by atoms with Crippen LogP contribution < -0.4 is 0 Å². The third-order valence-corrected chi connectivity index (χ3v) is 2.28. The van der Waals surface area contributed by atoms with Crippen LogP contribution in [0.5, 0.6) is 0 Å². The second-order valence-corrected chi connectivity index (χ2v) is 4.43. The summed E-state index contributed by atoms with van der Waals surface area (Å²) in [5, 5.41) is 0. The van der Waals surface area contributed by atoms with Gasteiger partial charge in [-0.05, 0) is 0 Å². The molecular weight excluding hydrogens is 340 g/mol. The number of alkyl halides is 1. The molecule has 0 bridgehead atoms. The molecule has 0 aliphatic rings. The molecule has 0 N–H and O–H groups in total. The summed E-state index contributed by atoms with van der Waals surface area (Å²) in [4.78, 5) is 4.11. The van der Waals surface area contributed by atoms with Crippen molar-refractivity contribution in [3.8, 4) is 0 Å². The van der Waals surface area contributed by atoms with Crippen LogP contribution in [0.25, 0.3) is 6.08 Å².